The number of nitrogens with one attached hydrogen (secondary N) is 1. The summed E-state index contributed by atoms with van der Waals surface area (Å²) in [6.07, 6.45) is 0. The van der Waals surface area contributed by atoms with E-state index in [1.165, 1.54) is 19.1 Å². The molecule has 0 spiro atoms. The predicted octanol–water partition coefficient (Wildman–Crippen LogP) is 3.79. The molecular weight excluding hydrogens is 294 g/mol. The lowest BCUT2D eigenvalue weighted by Gasteiger charge is -2.11. The molecule has 0 aromatic heterocycles. The molecule has 0 aliphatic heterocycles. The third-order valence-corrected chi connectivity index (χ3v) is 2.82. The molecule has 1 amide bonds. The molecule has 2 aromatic rings. The van der Waals surface area contributed by atoms with Gasteiger partial charge in [0, 0.05) is 17.6 Å². The van der Waals surface area contributed by atoms with Crippen LogP contribution in [0.5, 0.6) is 11.5 Å². The normalized spacial score (nSPS) is 10.0. The number of carbonyl (C=O) groups excluding carboxylic acids is 1. The van der Waals surface area contributed by atoms with Crippen LogP contribution in [0.3, 0.4) is 0 Å². The summed E-state index contributed by atoms with van der Waals surface area (Å²) in [5.74, 6) is -0.781. The number of amides is 1. The molecular formula is C15H12ClNO4. The standard InChI is InChI=1S/C15H12ClNO4/c1-9(18)17-11-4-7-14(13(8-11)15(19)20)21-12-5-2-10(16)3-6-12/h2-8H,1H3,(H,17,18)(H,19,20). The van der Waals surface area contributed by atoms with Gasteiger partial charge in [0.05, 0.1) is 0 Å². The Hall–Kier alpha value is -2.53. The molecule has 0 bridgehead atoms. The number of carboxylic acid groups (broad SMARTS) is 1. The average molecular weight is 306 g/mol. The number of benzene rings is 2. The zero-order chi connectivity index (χ0) is 15.4. The first-order valence-electron chi connectivity index (χ1n) is 6.04. The van der Waals surface area contributed by atoms with Crippen molar-refractivity contribution in [2.45, 2.75) is 6.92 Å². The van der Waals surface area contributed by atoms with Crippen LogP contribution in [-0.2, 0) is 4.79 Å². The maximum absolute atomic E-state index is 11.3. The number of halogens is 1. The summed E-state index contributed by atoms with van der Waals surface area (Å²) >= 11 is 5.78. The second kappa shape index (κ2) is 6.28. The van der Waals surface area contributed by atoms with E-state index in [1.54, 1.807) is 30.3 Å². The van der Waals surface area contributed by atoms with Gasteiger partial charge in [0.1, 0.15) is 17.1 Å². The van der Waals surface area contributed by atoms with Crippen molar-refractivity contribution >= 4 is 29.2 Å². The van der Waals surface area contributed by atoms with Crippen LogP contribution in [0.1, 0.15) is 17.3 Å². The van der Waals surface area contributed by atoms with Gasteiger partial charge in [-0.1, -0.05) is 11.6 Å². The minimum Gasteiger partial charge on any atom is -0.478 e. The molecule has 2 N–H and O–H groups in total. The third-order valence-electron chi connectivity index (χ3n) is 2.57. The second-order valence-electron chi connectivity index (χ2n) is 4.25. The van der Waals surface area contributed by atoms with Crippen molar-refractivity contribution in [1.29, 1.82) is 0 Å². The molecule has 0 radical (unpaired) electrons. The molecule has 0 aliphatic carbocycles. The number of rotatable bonds is 4. The first-order valence-corrected chi connectivity index (χ1v) is 6.42. The number of hydrogen-bond acceptors (Lipinski definition) is 3. The number of ether oxygens (including phenoxy) is 1. The smallest absolute Gasteiger partial charge is 0.339 e. The maximum Gasteiger partial charge on any atom is 0.339 e. The van der Waals surface area contributed by atoms with Gasteiger partial charge in [-0.2, -0.15) is 0 Å². The summed E-state index contributed by atoms with van der Waals surface area (Å²) < 4.78 is 5.53. The zero-order valence-corrected chi connectivity index (χ0v) is 11.8. The quantitative estimate of drug-likeness (QED) is 0.901. The van der Waals surface area contributed by atoms with E-state index in [4.69, 9.17) is 16.3 Å². The average Bonchev–Trinajstić information content (AvgIpc) is 2.42. The monoisotopic (exact) mass is 305 g/mol. The van der Waals surface area contributed by atoms with Gasteiger partial charge in [0.2, 0.25) is 5.91 Å². The van der Waals surface area contributed by atoms with Crippen molar-refractivity contribution in [3.63, 3.8) is 0 Å². The summed E-state index contributed by atoms with van der Waals surface area (Å²) in [5, 5.41) is 12.3. The Balaban J connectivity index is 2.32. The highest BCUT2D eigenvalue weighted by Gasteiger charge is 2.13. The maximum atomic E-state index is 11.3. The second-order valence-corrected chi connectivity index (χ2v) is 4.69. The Morgan fingerprint density at radius 3 is 2.38 bits per heavy atom. The molecule has 6 heteroatoms. The number of carboxylic acids is 1. The summed E-state index contributed by atoms with van der Waals surface area (Å²) in [5.41, 5.74) is 0.347. The Kier molecular flexibility index (Phi) is 4.45. The lowest BCUT2D eigenvalue weighted by atomic mass is 10.1. The highest BCUT2D eigenvalue weighted by Crippen LogP contribution is 2.28. The molecule has 2 rings (SSSR count). The molecule has 0 atom stereocenters. The summed E-state index contributed by atoms with van der Waals surface area (Å²) in [6.45, 7) is 1.35. The van der Waals surface area contributed by atoms with Gasteiger partial charge in [-0.05, 0) is 42.5 Å². The van der Waals surface area contributed by atoms with Gasteiger partial charge in [0.15, 0.2) is 0 Å². The number of anilines is 1. The molecule has 0 heterocycles. The molecule has 21 heavy (non-hydrogen) atoms. The van der Waals surface area contributed by atoms with Crippen LogP contribution in [0.25, 0.3) is 0 Å². The number of carbonyl (C=O) groups is 2. The van der Waals surface area contributed by atoms with Crippen molar-refractivity contribution in [3.8, 4) is 11.5 Å². The van der Waals surface area contributed by atoms with Crippen LogP contribution in [-0.4, -0.2) is 17.0 Å². The molecule has 0 saturated heterocycles. The van der Waals surface area contributed by atoms with Crippen LogP contribution in [0.4, 0.5) is 5.69 Å². The van der Waals surface area contributed by atoms with E-state index < -0.39 is 5.97 Å². The molecule has 0 aliphatic rings. The fraction of sp³-hybridized carbons (Fsp3) is 0.0667. The fourth-order valence-corrected chi connectivity index (χ4v) is 1.82. The van der Waals surface area contributed by atoms with Crippen molar-refractivity contribution < 1.29 is 19.4 Å². The molecule has 0 unspecified atom stereocenters. The number of aromatic carboxylic acids is 1. The Morgan fingerprint density at radius 2 is 1.81 bits per heavy atom. The van der Waals surface area contributed by atoms with E-state index in [9.17, 15) is 14.7 Å². The summed E-state index contributed by atoms with van der Waals surface area (Å²) in [6, 6.07) is 11.0. The van der Waals surface area contributed by atoms with Crippen LogP contribution in [0.2, 0.25) is 5.02 Å². The van der Waals surface area contributed by atoms with E-state index in [-0.39, 0.29) is 17.2 Å². The van der Waals surface area contributed by atoms with Crippen LogP contribution in [0.15, 0.2) is 42.5 Å². The SMILES string of the molecule is CC(=O)Nc1ccc(Oc2ccc(Cl)cc2)c(C(=O)O)c1. The van der Waals surface area contributed by atoms with E-state index in [1.807, 2.05) is 0 Å². The van der Waals surface area contributed by atoms with Gasteiger partial charge < -0.3 is 15.2 Å². The fourth-order valence-electron chi connectivity index (χ4n) is 1.70. The first kappa shape index (κ1) is 14.9. The van der Waals surface area contributed by atoms with Crippen LogP contribution >= 0.6 is 11.6 Å². The van der Waals surface area contributed by atoms with Crippen molar-refractivity contribution in [3.05, 3.63) is 53.1 Å². The number of hydrogen-bond donors (Lipinski definition) is 2. The zero-order valence-electron chi connectivity index (χ0n) is 11.1. The van der Waals surface area contributed by atoms with Crippen molar-refractivity contribution in [1.82, 2.24) is 0 Å². The minimum atomic E-state index is -1.15. The van der Waals surface area contributed by atoms with Gasteiger partial charge >= 0.3 is 5.97 Å². The highest BCUT2D eigenvalue weighted by atomic mass is 35.5. The Morgan fingerprint density at radius 1 is 1.14 bits per heavy atom. The van der Waals surface area contributed by atoms with Gasteiger partial charge in [-0.25, -0.2) is 4.79 Å². The topological polar surface area (TPSA) is 75.6 Å². The largest absolute Gasteiger partial charge is 0.478 e. The highest BCUT2D eigenvalue weighted by molar-refractivity contribution is 6.30. The van der Waals surface area contributed by atoms with E-state index >= 15 is 0 Å². The molecule has 5 nitrogen and oxygen atoms in total. The third kappa shape index (κ3) is 3.97. The molecule has 108 valence electrons. The molecule has 0 saturated carbocycles. The van der Waals surface area contributed by atoms with Gasteiger partial charge in [0.25, 0.3) is 0 Å². The summed E-state index contributed by atoms with van der Waals surface area (Å²) in [4.78, 5) is 22.3. The minimum absolute atomic E-state index is 0.0452. The summed E-state index contributed by atoms with van der Waals surface area (Å²) in [7, 11) is 0. The van der Waals surface area contributed by atoms with Gasteiger partial charge in [-0.15, -0.1) is 0 Å². The van der Waals surface area contributed by atoms with Crippen molar-refractivity contribution in [2.24, 2.45) is 0 Å². The lowest BCUT2D eigenvalue weighted by Crippen LogP contribution is -2.07. The van der Waals surface area contributed by atoms with Crippen LogP contribution in [0, 0.1) is 0 Å². The Bertz CT molecular complexity index is 683. The molecule has 2 aromatic carbocycles. The van der Waals surface area contributed by atoms with Gasteiger partial charge in [-0.3, -0.25) is 4.79 Å². The van der Waals surface area contributed by atoms with E-state index in [0.29, 0.717) is 16.5 Å². The molecule has 0 fully saturated rings. The van der Waals surface area contributed by atoms with E-state index in [2.05, 4.69) is 5.32 Å². The van der Waals surface area contributed by atoms with Crippen LogP contribution < -0.4 is 10.1 Å². The van der Waals surface area contributed by atoms with Crippen molar-refractivity contribution in [2.75, 3.05) is 5.32 Å². The van der Waals surface area contributed by atoms with E-state index in [0.717, 1.165) is 0 Å². The lowest BCUT2D eigenvalue weighted by molar-refractivity contribution is -0.114. The first-order chi connectivity index (χ1) is 9.95. The predicted molar refractivity (Wildman–Crippen MR) is 79.2 cm³/mol. The Labute approximate surface area is 126 Å².